The highest BCUT2D eigenvalue weighted by atomic mass is 19.4. The number of hydrogen-bond donors (Lipinski definition) is 2. The Kier molecular flexibility index (Phi) is 3.97. The highest BCUT2D eigenvalue weighted by molar-refractivity contribution is 5.86. The molecule has 0 bridgehead atoms. The Bertz CT molecular complexity index is 881. The Hall–Kier alpha value is -2.38. The molecule has 4 rings (SSSR count). The molecule has 0 saturated carbocycles. The molecule has 2 aromatic heterocycles. The van der Waals surface area contributed by atoms with Crippen molar-refractivity contribution in [1.29, 1.82) is 0 Å². The van der Waals surface area contributed by atoms with Crippen molar-refractivity contribution in [2.45, 2.75) is 12.3 Å². The van der Waals surface area contributed by atoms with E-state index in [0.29, 0.717) is 12.2 Å². The van der Waals surface area contributed by atoms with Crippen LogP contribution >= 0.6 is 0 Å². The minimum atomic E-state index is -4.43. The van der Waals surface area contributed by atoms with Gasteiger partial charge in [0.15, 0.2) is 0 Å². The Morgan fingerprint density at radius 2 is 2.00 bits per heavy atom. The fraction of sp³-hybridized carbons (Fsp3) is 0.278. The van der Waals surface area contributed by atoms with E-state index in [9.17, 15) is 13.2 Å². The molecule has 1 saturated heterocycles. The first-order valence-electron chi connectivity index (χ1n) is 7.99. The van der Waals surface area contributed by atoms with Crippen LogP contribution in [0.2, 0.25) is 0 Å². The number of nitrogens with zero attached hydrogens (tertiary/aromatic N) is 1. The molecule has 0 spiro atoms. The Morgan fingerprint density at radius 1 is 1.12 bits per heavy atom. The molecule has 3 heterocycles. The van der Waals surface area contributed by atoms with Gasteiger partial charge in [0.25, 0.3) is 0 Å². The van der Waals surface area contributed by atoms with Crippen LogP contribution in [0.25, 0.3) is 22.2 Å². The number of aromatic amines is 1. The first kappa shape index (κ1) is 16.1. The molecule has 1 aliphatic heterocycles. The van der Waals surface area contributed by atoms with Crippen molar-refractivity contribution in [3.63, 3.8) is 0 Å². The van der Waals surface area contributed by atoms with Crippen LogP contribution in [0, 0.1) is 0 Å². The SMILES string of the molecule is FC(F)(F)c1ccc(-c2cc3ccc([C@@H]4CNCCO4)cc3[nH]2)cn1. The third-order valence-electron chi connectivity index (χ3n) is 4.31. The average molecular weight is 347 g/mol. The maximum Gasteiger partial charge on any atom is 0.433 e. The molecule has 4 nitrogen and oxygen atoms in total. The van der Waals surface area contributed by atoms with Gasteiger partial charge in [-0.05, 0) is 29.8 Å². The van der Waals surface area contributed by atoms with E-state index in [1.807, 2.05) is 24.3 Å². The molecule has 0 amide bonds. The molecule has 1 aromatic carbocycles. The van der Waals surface area contributed by atoms with Crippen molar-refractivity contribution < 1.29 is 17.9 Å². The summed E-state index contributed by atoms with van der Waals surface area (Å²) in [5.74, 6) is 0. The second-order valence-electron chi connectivity index (χ2n) is 6.02. The van der Waals surface area contributed by atoms with Crippen LogP contribution < -0.4 is 5.32 Å². The summed E-state index contributed by atoms with van der Waals surface area (Å²) in [5, 5.41) is 4.28. The highest BCUT2D eigenvalue weighted by Crippen LogP contribution is 2.30. The van der Waals surface area contributed by atoms with Gasteiger partial charge in [0, 0.05) is 41.4 Å². The molecule has 2 N–H and O–H groups in total. The van der Waals surface area contributed by atoms with Crippen LogP contribution in [0.1, 0.15) is 17.4 Å². The first-order valence-corrected chi connectivity index (χ1v) is 7.99. The van der Waals surface area contributed by atoms with Gasteiger partial charge in [-0.2, -0.15) is 13.2 Å². The summed E-state index contributed by atoms with van der Waals surface area (Å²) in [5.41, 5.74) is 2.44. The number of pyridine rings is 1. The van der Waals surface area contributed by atoms with E-state index in [-0.39, 0.29) is 6.10 Å². The van der Waals surface area contributed by atoms with Crippen LogP contribution in [0.15, 0.2) is 42.6 Å². The summed E-state index contributed by atoms with van der Waals surface area (Å²) in [4.78, 5) is 6.77. The topological polar surface area (TPSA) is 49.9 Å². The minimum absolute atomic E-state index is 0.0117. The van der Waals surface area contributed by atoms with E-state index < -0.39 is 11.9 Å². The fourth-order valence-electron chi connectivity index (χ4n) is 3.00. The minimum Gasteiger partial charge on any atom is -0.371 e. The van der Waals surface area contributed by atoms with Gasteiger partial charge in [-0.15, -0.1) is 0 Å². The molecular formula is C18H16F3N3O. The molecule has 0 unspecified atom stereocenters. The van der Waals surface area contributed by atoms with Crippen LogP contribution in [0.4, 0.5) is 13.2 Å². The zero-order valence-corrected chi connectivity index (χ0v) is 13.2. The summed E-state index contributed by atoms with van der Waals surface area (Å²) >= 11 is 0. The lowest BCUT2D eigenvalue weighted by molar-refractivity contribution is -0.141. The van der Waals surface area contributed by atoms with Gasteiger partial charge >= 0.3 is 6.18 Å². The molecule has 1 atom stereocenters. The van der Waals surface area contributed by atoms with E-state index >= 15 is 0 Å². The van der Waals surface area contributed by atoms with Crippen molar-refractivity contribution in [3.05, 3.63) is 53.9 Å². The van der Waals surface area contributed by atoms with Crippen LogP contribution in [-0.2, 0) is 10.9 Å². The van der Waals surface area contributed by atoms with Gasteiger partial charge in [0.2, 0.25) is 0 Å². The monoisotopic (exact) mass is 347 g/mol. The number of H-pyrrole nitrogens is 1. The summed E-state index contributed by atoms with van der Waals surface area (Å²) in [6.45, 7) is 2.30. The molecule has 0 radical (unpaired) electrons. The summed E-state index contributed by atoms with van der Waals surface area (Å²) < 4.78 is 43.6. The molecule has 0 aliphatic carbocycles. The Morgan fingerprint density at radius 3 is 2.68 bits per heavy atom. The summed E-state index contributed by atoms with van der Waals surface area (Å²) in [6, 6.07) is 10.4. The van der Waals surface area contributed by atoms with Gasteiger partial charge in [-0.25, -0.2) is 0 Å². The lowest BCUT2D eigenvalue weighted by Crippen LogP contribution is -2.33. The number of morpholine rings is 1. The number of aromatic nitrogens is 2. The van der Waals surface area contributed by atoms with Crippen LogP contribution in [0.3, 0.4) is 0 Å². The number of ether oxygens (including phenoxy) is 1. The zero-order chi connectivity index (χ0) is 17.4. The highest BCUT2D eigenvalue weighted by Gasteiger charge is 2.32. The van der Waals surface area contributed by atoms with Gasteiger partial charge in [0.1, 0.15) is 5.69 Å². The predicted octanol–water partition coefficient (Wildman–Crippen LogP) is 3.91. The number of rotatable bonds is 2. The third-order valence-corrected chi connectivity index (χ3v) is 4.31. The zero-order valence-electron chi connectivity index (χ0n) is 13.2. The molecule has 7 heteroatoms. The number of halogens is 3. The molecule has 25 heavy (non-hydrogen) atoms. The van der Waals surface area contributed by atoms with E-state index in [2.05, 4.69) is 15.3 Å². The summed E-state index contributed by atoms with van der Waals surface area (Å²) in [7, 11) is 0. The predicted molar refractivity (Wildman–Crippen MR) is 88.1 cm³/mol. The normalized spacial score (nSPS) is 18.6. The fourth-order valence-corrected chi connectivity index (χ4v) is 3.00. The average Bonchev–Trinajstić information content (AvgIpc) is 3.05. The maximum atomic E-state index is 12.6. The number of nitrogens with one attached hydrogen (secondary N) is 2. The molecule has 130 valence electrons. The second-order valence-corrected chi connectivity index (χ2v) is 6.02. The van der Waals surface area contributed by atoms with Crippen molar-refractivity contribution >= 4 is 10.9 Å². The van der Waals surface area contributed by atoms with E-state index in [1.54, 1.807) is 0 Å². The van der Waals surface area contributed by atoms with Gasteiger partial charge in [0.05, 0.1) is 12.7 Å². The van der Waals surface area contributed by atoms with Crippen LogP contribution in [0.5, 0.6) is 0 Å². The van der Waals surface area contributed by atoms with E-state index in [0.717, 1.165) is 41.3 Å². The second kappa shape index (κ2) is 6.16. The first-order chi connectivity index (χ1) is 12.0. The van der Waals surface area contributed by atoms with Gasteiger partial charge in [-0.3, -0.25) is 4.98 Å². The van der Waals surface area contributed by atoms with Crippen molar-refractivity contribution in [3.8, 4) is 11.3 Å². The lowest BCUT2D eigenvalue weighted by Gasteiger charge is -2.23. The molecule has 1 fully saturated rings. The lowest BCUT2D eigenvalue weighted by atomic mass is 10.1. The van der Waals surface area contributed by atoms with Gasteiger partial charge in [-0.1, -0.05) is 12.1 Å². The Labute approximate surface area is 142 Å². The van der Waals surface area contributed by atoms with Gasteiger partial charge < -0.3 is 15.0 Å². The Balaban J connectivity index is 1.64. The number of hydrogen-bond acceptors (Lipinski definition) is 3. The number of benzene rings is 1. The van der Waals surface area contributed by atoms with Crippen molar-refractivity contribution in [2.75, 3.05) is 19.7 Å². The molecular weight excluding hydrogens is 331 g/mol. The van der Waals surface area contributed by atoms with Crippen molar-refractivity contribution in [2.24, 2.45) is 0 Å². The summed E-state index contributed by atoms with van der Waals surface area (Å²) in [6.07, 6.45) is -3.18. The standard InChI is InChI=1S/C18H16F3N3O/c19-18(20,21)17-4-3-13(9-23-17)15-7-11-1-2-12(8-14(11)24-15)16-10-22-5-6-25-16/h1-4,7-9,16,22,24H,5-6,10H2/t16-/m0/s1. The number of fused-ring (bicyclic) bond motifs is 1. The molecule has 1 aliphatic rings. The molecule has 3 aromatic rings. The maximum absolute atomic E-state index is 12.6. The number of alkyl halides is 3. The van der Waals surface area contributed by atoms with E-state index in [1.165, 1.54) is 12.3 Å². The smallest absolute Gasteiger partial charge is 0.371 e. The quantitative estimate of drug-likeness (QED) is 0.739. The van der Waals surface area contributed by atoms with E-state index in [4.69, 9.17) is 4.74 Å². The largest absolute Gasteiger partial charge is 0.433 e. The third kappa shape index (κ3) is 3.25. The van der Waals surface area contributed by atoms with Crippen LogP contribution in [-0.4, -0.2) is 29.7 Å². The van der Waals surface area contributed by atoms with Crippen molar-refractivity contribution in [1.82, 2.24) is 15.3 Å².